The zero-order valence-corrected chi connectivity index (χ0v) is 11.3. The number of halogens is 1. The molecular formula is C16H22FNO. The second-order valence-corrected chi connectivity index (χ2v) is 5.88. The Hall–Kier alpha value is -1.09. The van der Waals surface area contributed by atoms with Crippen LogP contribution >= 0.6 is 0 Å². The van der Waals surface area contributed by atoms with Gasteiger partial charge in [0.05, 0.1) is 6.61 Å². The first-order valence-electron chi connectivity index (χ1n) is 7.46. The van der Waals surface area contributed by atoms with E-state index in [1.54, 1.807) is 12.1 Å². The van der Waals surface area contributed by atoms with Crippen LogP contribution in [0.4, 0.5) is 4.39 Å². The molecule has 0 radical (unpaired) electrons. The SMILES string of the molecule is Fc1cc(CNC2CC2)ccc1OCC1CCCC1. The molecule has 0 heterocycles. The summed E-state index contributed by atoms with van der Waals surface area (Å²) in [5.74, 6) is 0.797. The molecule has 0 spiro atoms. The highest BCUT2D eigenvalue weighted by Crippen LogP contribution is 2.27. The third kappa shape index (κ3) is 3.69. The highest BCUT2D eigenvalue weighted by molar-refractivity contribution is 5.29. The van der Waals surface area contributed by atoms with Gasteiger partial charge in [-0.3, -0.25) is 0 Å². The number of hydrogen-bond acceptors (Lipinski definition) is 2. The van der Waals surface area contributed by atoms with Gasteiger partial charge in [-0.25, -0.2) is 4.39 Å². The third-order valence-corrected chi connectivity index (χ3v) is 4.12. The summed E-state index contributed by atoms with van der Waals surface area (Å²) in [7, 11) is 0. The molecule has 3 rings (SSSR count). The van der Waals surface area contributed by atoms with Gasteiger partial charge in [0.2, 0.25) is 0 Å². The summed E-state index contributed by atoms with van der Waals surface area (Å²) < 4.78 is 19.5. The second kappa shape index (κ2) is 5.91. The zero-order valence-electron chi connectivity index (χ0n) is 11.3. The van der Waals surface area contributed by atoms with E-state index in [1.807, 2.05) is 6.07 Å². The zero-order chi connectivity index (χ0) is 13.1. The molecule has 0 bridgehead atoms. The summed E-state index contributed by atoms with van der Waals surface area (Å²) in [5.41, 5.74) is 0.998. The van der Waals surface area contributed by atoms with Crippen molar-refractivity contribution in [2.45, 2.75) is 51.1 Å². The second-order valence-electron chi connectivity index (χ2n) is 5.88. The van der Waals surface area contributed by atoms with Crippen LogP contribution in [-0.4, -0.2) is 12.6 Å². The Morgan fingerprint density at radius 1 is 1.16 bits per heavy atom. The molecule has 2 nitrogen and oxygen atoms in total. The fourth-order valence-corrected chi connectivity index (χ4v) is 2.71. The minimum atomic E-state index is -0.229. The maximum Gasteiger partial charge on any atom is 0.165 e. The van der Waals surface area contributed by atoms with Crippen LogP contribution in [0.25, 0.3) is 0 Å². The molecule has 2 aliphatic rings. The maximum atomic E-state index is 13.9. The van der Waals surface area contributed by atoms with Gasteiger partial charge in [-0.1, -0.05) is 18.9 Å². The first kappa shape index (κ1) is 12.9. The van der Waals surface area contributed by atoms with Crippen molar-refractivity contribution >= 4 is 0 Å². The average Bonchev–Trinajstić information content (AvgIpc) is 3.10. The minimum absolute atomic E-state index is 0.229. The van der Waals surface area contributed by atoms with Crippen molar-refractivity contribution in [3.8, 4) is 5.75 Å². The average molecular weight is 263 g/mol. The fraction of sp³-hybridized carbons (Fsp3) is 0.625. The summed E-state index contributed by atoms with van der Waals surface area (Å²) in [6.07, 6.45) is 7.55. The smallest absolute Gasteiger partial charge is 0.165 e. The summed E-state index contributed by atoms with van der Waals surface area (Å²) in [4.78, 5) is 0. The summed E-state index contributed by atoms with van der Waals surface area (Å²) in [6, 6.07) is 5.98. The quantitative estimate of drug-likeness (QED) is 0.846. The number of hydrogen-bond donors (Lipinski definition) is 1. The Kier molecular flexibility index (Phi) is 4.02. The van der Waals surface area contributed by atoms with Gasteiger partial charge < -0.3 is 10.1 Å². The molecule has 104 valence electrons. The van der Waals surface area contributed by atoms with Crippen molar-refractivity contribution in [3.05, 3.63) is 29.6 Å². The molecule has 2 aliphatic carbocycles. The number of benzene rings is 1. The van der Waals surface area contributed by atoms with E-state index in [9.17, 15) is 4.39 Å². The minimum Gasteiger partial charge on any atom is -0.490 e. The van der Waals surface area contributed by atoms with E-state index >= 15 is 0 Å². The first-order chi connectivity index (χ1) is 9.31. The van der Waals surface area contributed by atoms with Crippen LogP contribution in [0.2, 0.25) is 0 Å². The molecule has 0 atom stereocenters. The standard InChI is InChI=1S/C16H22FNO/c17-15-9-13(10-18-14-6-7-14)5-8-16(15)19-11-12-3-1-2-4-12/h5,8-9,12,14,18H,1-4,6-7,10-11H2. The Morgan fingerprint density at radius 2 is 1.95 bits per heavy atom. The monoisotopic (exact) mass is 263 g/mol. The molecule has 0 unspecified atom stereocenters. The highest BCUT2D eigenvalue weighted by Gasteiger charge is 2.20. The lowest BCUT2D eigenvalue weighted by Crippen LogP contribution is -2.15. The summed E-state index contributed by atoms with van der Waals surface area (Å²) in [6.45, 7) is 1.42. The van der Waals surface area contributed by atoms with Gasteiger partial charge in [0, 0.05) is 12.6 Å². The van der Waals surface area contributed by atoms with Crippen LogP contribution < -0.4 is 10.1 Å². The van der Waals surface area contributed by atoms with Gasteiger partial charge in [-0.15, -0.1) is 0 Å². The van der Waals surface area contributed by atoms with Crippen molar-refractivity contribution in [2.75, 3.05) is 6.61 Å². The topological polar surface area (TPSA) is 21.3 Å². The molecular weight excluding hydrogens is 241 g/mol. The van der Waals surface area contributed by atoms with Crippen LogP contribution in [0.5, 0.6) is 5.75 Å². The van der Waals surface area contributed by atoms with Gasteiger partial charge in [0.15, 0.2) is 11.6 Å². The molecule has 0 aromatic heterocycles. The molecule has 3 heteroatoms. The van der Waals surface area contributed by atoms with Crippen LogP contribution in [-0.2, 0) is 6.54 Å². The van der Waals surface area contributed by atoms with Gasteiger partial charge in [-0.05, 0) is 49.3 Å². The normalized spacial score (nSPS) is 19.8. The van der Waals surface area contributed by atoms with Crippen LogP contribution in [0.1, 0.15) is 44.1 Å². The Bertz CT molecular complexity index is 425. The van der Waals surface area contributed by atoms with Crippen molar-refractivity contribution in [3.63, 3.8) is 0 Å². The van der Waals surface area contributed by atoms with Gasteiger partial charge in [-0.2, -0.15) is 0 Å². The lowest BCUT2D eigenvalue weighted by Gasteiger charge is -2.12. The van der Waals surface area contributed by atoms with E-state index in [2.05, 4.69) is 5.32 Å². The van der Waals surface area contributed by atoms with Crippen molar-refractivity contribution in [1.29, 1.82) is 0 Å². The number of rotatable bonds is 6. The van der Waals surface area contributed by atoms with Crippen LogP contribution in [0.3, 0.4) is 0 Å². The molecule has 1 aromatic carbocycles. The summed E-state index contributed by atoms with van der Waals surface area (Å²) in [5, 5.41) is 3.39. The number of nitrogens with one attached hydrogen (secondary N) is 1. The van der Waals surface area contributed by atoms with Crippen molar-refractivity contribution in [2.24, 2.45) is 5.92 Å². The lowest BCUT2D eigenvalue weighted by atomic mass is 10.1. The highest BCUT2D eigenvalue weighted by atomic mass is 19.1. The fourth-order valence-electron chi connectivity index (χ4n) is 2.71. The molecule has 2 fully saturated rings. The van der Waals surface area contributed by atoms with Crippen molar-refractivity contribution < 1.29 is 9.13 Å². The van der Waals surface area contributed by atoms with Gasteiger partial charge in [0.1, 0.15) is 0 Å². The Labute approximate surface area is 114 Å². The predicted octanol–water partition coefficient (Wildman–Crippen LogP) is 3.65. The maximum absolute atomic E-state index is 13.9. The predicted molar refractivity (Wildman–Crippen MR) is 73.7 cm³/mol. The van der Waals surface area contributed by atoms with E-state index in [0.717, 1.165) is 12.1 Å². The van der Waals surface area contributed by atoms with Crippen molar-refractivity contribution in [1.82, 2.24) is 5.32 Å². The Morgan fingerprint density at radius 3 is 2.63 bits per heavy atom. The van der Waals surface area contributed by atoms with Crippen LogP contribution in [0, 0.1) is 11.7 Å². The van der Waals surface area contributed by atoms with Crippen LogP contribution in [0.15, 0.2) is 18.2 Å². The lowest BCUT2D eigenvalue weighted by molar-refractivity contribution is 0.242. The Balaban J connectivity index is 1.52. The molecule has 2 saturated carbocycles. The largest absolute Gasteiger partial charge is 0.490 e. The van der Waals surface area contributed by atoms with E-state index < -0.39 is 0 Å². The van der Waals surface area contributed by atoms with E-state index in [4.69, 9.17) is 4.74 Å². The van der Waals surface area contributed by atoms with E-state index in [0.29, 0.717) is 24.3 Å². The van der Waals surface area contributed by atoms with Gasteiger partial charge in [0.25, 0.3) is 0 Å². The van der Waals surface area contributed by atoms with E-state index in [-0.39, 0.29) is 5.82 Å². The molecule has 1 aromatic rings. The molecule has 19 heavy (non-hydrogen) atoms. The molecule has 0 saturated heterocycles. The summed E-state index contributed by atoms with van der Waals surface area (Å²) >= 11 is 0. The molecule has 0 amide bonds. The third-order valence-electron chi connectivity index (χ3n) is 4.12. The van der Waals surface area contributed by atoms with Gasteiger partial charge >= 0.3 is 0 Å². The first-order valence-corrected chi connectivity index (χ1v) is 7.46. The molecule has 0 aliphatic heterocycles. The molecule has 1 N–H and O–H groups in total. The number of ether oxygens (including phenoxy) is 1. The van der Waals surface area contributed by atoms with E-state index in [1.165, 1.54) is 38.5 Å².